The Balaban J connectivity index is 1.95. The van der Waals surface area contributed by atoms with Gasteiger partial charge in [-0.1, -0.05) is 43.7 Å². The number of ether oxygens (including phenoxy) is 1. The van der Waals surface area contributed by atoms with Crippen LogP contribution in [-0.4, -0.2) is 12.3 Å². The van der Waals surface area contributed by atoms with E-state index in [-0.39, 0.29) is 29.8 Å². The van der Waals surface area contributed by atoms with Crippen molar-refractivity contribution >= 4 is 23.9 Å². The van der Waals surface area contributed by atoms with Crippen LogP contribution in [0.4, 0.5) is 0 Å². The van der Waals surface area contributed by atoms with Gasteiger partial charge in [0.2, 0.25) is 0 Å². The molecule has 0 spiro atoms. The molecule has 1 aliphatic carbocycles. The van der Waals surface area contributed by atoms with Gasteiger partial charge in [0.15, 0.2) is 0 Å². The molecule has 0 N–H and O–H groups in total. The summed E-state index contributed by atoms with van der Waals surface area (Å²) >= 11 is 5.81. The summed E-state index contributed by atoms with van der Waals surface area (Å²) in [5.74, 6) is -0.324. The smallest absolute Gasteiger partial charge is 0.310 e. The maximum Gasteiger partial charge on any atom is 0.310 e. The van der Waals surface area contributed by atoms with Crippen LogP contribution in [0.25, 0.3) is 0 Å². The van der Waals surface area contributed by atoms with Crippen LogP contribution in [0.3, 0.4) is 0 Å². The van der Waals surface area contributed by atoms with Crippen molar-refractivity contribution in [3.63, 3.8) is 0 Å². The first-order valence-corrected chi connectivity index (χ1v) is 7.28. The lowest BCUT2D eigenvalue weighted by molar-refractivity contribution is -0.147. The Morgan fingerprint density at radius 2 is 1.95 bits per heavy atom. The van der Waals surface area contributed by atoms with Crippen molar-refractivity contribution in [2.75, 3.05) is 0 Å². The van der Waals surface area contributed by atoms with Crippen molar-refractivity contribution in [1.82, 2.24) is 0 Å². The lowest BCUT2D eigenvalue weighted by Crippen LogP contribution is -2.10. The predicted octanol–water partition coefficient (Wildman–Crippen LogP) is 3.80. The van der Waals surface area contributed by atoms with E-state index in [2.05, 4.69) is 0 Å². The molecule has 21 heavy (non-hydrogen) atoms. The first kappa shape index (κ1) is 15.8. The molecular formula is C17H19ClO3. The standard InChI is InChI=1S/C17H19ClO3/c1-11(9-19)8-14-15(17(14,2)3)16(20)21-10-12-4-6-13(18)7-5-12/h4-9,14-15H,10H2,1-3H3/b11-8+. The van der Waals surface area contributed by atoms with Gasteiger partial charge in [-0.3, -0.25) is 9.59 Å². The van der Waals surface area contributed by atoms with Crippen molar-refractivity contribution in [3.05, 3.63) is 46.5 Å². The second-order valence-corrected chi connectivity index (χ2v) is 6.52. The molecule has 0 amide bonds. The maximum absolute atomic E-state index is 12.2. The zero-order valence-electron chi connectivity index (χ0n) is 12.4. The number of esters is 1. The summed E-state index contributed by atoms with van der Waals surface area (Å²) in [7, 11) is 0. The molecule has 0 saturated heterocycles. The van der Waals surface area contributed by atoms with Gasteiger partial charge in [-0.05, 0) is 41.5 Å². The van der Waals surface area contributed by atoms with Crippen molar-refractivity contribution in [2.24, 2.45) is 17.3 Å². The average Bonchev–Trinajstić information content (AvgIpc) is 2.98. The third-order valence-corrected chi connectivity index (χ3v) is 4.34. The highest BCUT2D eigenvalue weighted by atomic mass is 35.5. The zero-order chi connectivity index (χ0) is 15.6. The third-order valence-electron chi connectivity index (χ3n) is 4.09. The van der Waals surface area contributed by atoms with Gasteiger partial charge in [-0.15, -0.1) is 0 Å². The van der Waals surface area contributed by atoms with Gasteiger partial charge in [0.25, 0.3) is 0 Å². The lowest BCUT2D eigenvalue weighted by atomic mass is 10.1. The molecule has 1 aromatic carbocycles. The second kappa shape index (κ2) is 6.02. The summed E-state index contributed by atoms with van der Waals surface area (Å²) in [5, 5.41) is 0.656. The van der Waals surface area contributed by atoms with E-state index in [0.717, 1.165) is 11.8 Å². The number of rotatable bonds is 5. The third kappa shape index (κ3) is 3.53. The Bertz CT molecular complexity index is 572. The van der Waals surface area contributed by atoms with Crippen LogP contribution in [-0.2, 0) is 20.9 Å². The fourth-order valence-electron chi connectivity index (χ4n) is 2.59. The van der Waals surface area contributed by atoms with Crippen molar-refractivity contribution in [2.45, 2.75) is 27.4 Å². The lowest BCUT2D eigenvalue weighted by Gasteiger charge is -2.06. The Kier molecular flexibility index (Phi) is 4.52. The molecular weight excluding hydrogens is 288 g/mol. The van der Waals surface area contributed by atoms with Crippen LogP contribution in [0, 0.1) is 17.3 Å². The largest absolute Gasteiger partial charge is 0.461 e. The van der Waals surface area contributed by atoms with Gasteiger partial charge < -0.3 is 4.74 Å². The minimum Gasteiger partial charge on any atom is -0.461 e. The van der Waals surface area contributed by atoms with E-state index in [1.165, 1.54) is 0 Å². The van der Waals surface area contributed by atoms with Gasteiger partial charge >= 0.3 is 5.97 Å². The Hall–Kier alpha value is -1.61. The molecule has 4 heteroatoms. The van der Waals surface area contributed by atoms with E-state index in [9.17, 15) is 9.59 Å². The number of hydrogen-bond donors (Lipinski definition) is 0. The molecule has 0 radical (unpaired) electrons. The first-order chi connectivity index (χ1) is 9.86. The van der Waals surface area contributed by atoms with Crippen LogP contribution in [0.2, 0.25) is 5.02 Å². The van der Waals surface area contributed by atoms with Crippen LogP contribution in [0.5, 0.6) is 0 Å². The minimum absolute atomic E-state index is 0.0698. The van der Waals surface area contributed by atoms with Gasteiger partial charge in [0.1, 0.15) is 12.9 Å². The first-order valence-electron chi connectivity index (χ1n) is 6.91. The topological polar surface area (TPSA) is 43.4 Å². The quantitative estimate of drug-likeness (QED) is 0.472. The number of benzene rings is 1. The fourth-order valence-corrected chi connectivity index (χ4v) is 2.71. The molecule has 1 aromatic rings. The molecule has 0 aromatic heterocycles. The van der Waals surface area contributed by atoms with E-state index in [0.29, 0.717) is 10.6 Å². The highest BCUT2D eigenvalue weighted by molar-refractivity contribution is 6.30. The van der Waals surface area contributed by atoms with E-state index >= 15 is 0 Å². The molecule has 1 fully saturated rings. The van der Waals surface area contributed by atoms with E-state index in [1.807, 2.05) is 32.1 Å². The molecule has 1 aliphatic rings. The molecule has 112 valence electrons. The summed E-state index contributed by atoms with van der Waals surface area (Å²) in [5.41, 5.74) is 1.41. The number of aldehydes is 1. The highest BCUT2D eigenvalue weighted by Crippen LogP contribution is 2.59. The summed E-state index contributed by atoms with van der Waals surface area (Å²) in [6, 6.07) is 7.21. The number of halogens is 1. The van der Waals surface area contributed by atoms with Gasteiger partial charge in [0, 0.05) is 5.02 Å². The molecule has 2 atom stereocenters. The van der Waals surface area contributed by atoms with Gasteiger partial charge in [-0.2, -0.15) is 0 Å². The van der Waals surface area contributed by atoms with Crippen LogP contribution in [0.1, 0.15) is 26.3 Å². The van der Waals surface area contributed by atoms with Crippen molar-refractivity contribution in [3.8, 4) is 0 Å². The van der Waals surface area contributed by atoms with E-state index < -0.39 is 0 Å². The number of hydrogen-bond acceptors (Lipinski definition) is 3. The Labute approximate surface area is 129 Å². The summed E-state index contributed by atoms with van der Waals surface area (Å²) in [4.78, 5) is 22.9. The maximum atomic E-state index is 12.2. The number of carbonyl (C=O) groups is 2. The van der Waals surface area contributed by atoms with E-state index in [4.69, 9.17) is 16.3 Å². The SMILES string of the molecule is C/C(C=O)=C\C1C(C(=O)OCc2ccc(Cl)cc2)C1(C)C. The van der Waals surface area contributed by atoms with Crippen molar-refractivity contribution in [1.29, 1.82) is 0 Å². The highest BCUT2D eigenvalue weighted by Gasteiger charge is 2.61. The molecule has 2 unspecified atom stereocenters. The van der Waals surface area contributed by atoms with Gasteiger partial charge in [-0.25, -0.2) is 0 Å². The summed E-state index contributed by atoms with van der Waals surface area (Å²) in [6.07, 6.45) is 2.67. The van der Waals surface area contributed by atoms with Crippen LogP contribution >= 0.6 is 11.6 Å². The summed E-state index contributed by atoms with van der Waals surface area (Å²) < 4.78 is 5.37. The zero-order valence-corrected chi connectivity index (χ0v) is 13.2. The number of allylic oxidation sites excluding steroid dienone is 2. The van der Waals surface area contributed by atoms with Crippen LogP contribution < -0.4 is 0 Å². The van der Waals surface area contributed by atoms with Gasteiger partial charge in [0.05, 0.1) is 5.92 Å². The monoisotopic (exact) mass is 306 g/mol. The summed E-state index contributed by atoms with van der Waals surface area (Å²) in [6.45, 7) is 6.02. The van der Waals surface area contributed by atoms with Crippen molar-refractivity contribution < 1.29 is 14.3 Å². The predicted molar refractivity (Wildman–Crippen MR) is 81.8 cm³/mol. The molecule has 1 saturated carbocycles. The fraction of sp³-hybridized carbons (Fsp3) is 0.412. The molecule has 0 aliphatic heterocycles. The average molecular weight is 307 g/mol. The van der Waals surface area contributed by atoms with Crippen LogP contribution in [0.15, 0.2) is 35.9 Å². The molecule has 0 heterocycles. The molecule has 3 nitrogen and oxygen atoms in total. The second-order valence-electron chi connectivity index (χ2n) is 6.09. The Morgan fingerprint density at radius 3 is 2.52 bits per heavy atom. The molecule has 0 bridgehead atoms. The molecule has 2 rings (SSSR count). The minimum atomic E-state index is -0.213. The van der Waals surface area contributed by atoms with E-state index in [1.54, 1.807) is 19.1 Å². The number of carbonyl (C=O) groups excluding carboxylic acids is 2. The normalized spacial score (nSPS) is 23.5. The Morgan fingerprint density at radius 1 is 1.33 bits per heavy atom.